The van der Waals surface area contributed by atoms with Gasteiger partial charge in [0.05, 0.1) is 0 Å². The second kappa shape index (κ2) is 3.95. The molecule has 0 bridgehead atoms. The molecule has 2 aromatic carbocycles. The molecular weight excluding hydrogens is 234 g/mol. The number of nitrogens with zero attached hydrogens (tertiary/aromatic N) is 1. The van der Waals surface area contributed by atoms with Crippen molar-refractivity contribution in [2.45, 2.75) is 0 Å². The molecule has 0 atom stereocenters. The van der Waals surface area contributed by atoms with Gasteiger partial charge in [0, 0.05) is 22.5 Å². The van der Waals surface area contributed by atoms with E-state index in [1.54, 1.807) is 0 Å². The van der Waals surface area contributed by atoms with E-state index >= 15 is 0 Å². The molecule has 0 unspecified atom stereocenters. The first-order chi connectivity index (χ1) is 9.42. The lowest BCUT2D eigenvalue weighted by molar-refractivity contribution is 0.654. The van der Waals surface area contributed by atoms with Crippen LogP contribution in [0.15, 0.2) is 71.3 Å². The van der Waals surface area contributed by atoms with Crippen LogP contribution >= 0.6 is 0 Å². The summed E-state index contributed by atoms with van der Waals surface area (Å²) in [7, 11) is 0. The minimum atomic E-state index is 0.695. The molecule has 0 aliphatic carbocycles. The van der Waals surface area contributed by atoms with Gasteiger partial charge in [-0.1, -0.05) is 48.5 Å². The zero-order chi connectivity index (χ0) is 12.7. The monoisotopic (exact) mass is 245 g/mol. The normalized spacial score (nSPS) is 11.2. The predicted molar refractivity (Wildman–Crippen MR) is 77.0 cm³/mol. The van der Waals surface area contributed by atoms with Crippen LogP contribution in [0, 0.1) is 0 Å². The van der Waals surface area contributed by atoms with Crippen molar-refractivity contribution >= 4 is 22.1 Å². The van der Waals surface area contributed by atoms with Crippen molar-refractivity contribution in [3.63, 3.8) is 0 Å². The van der Waals surface area contributed by atoms with Crippen molar-refractivity contribution in [1.29, 1.82) is 0 Å². The Morgan fingerprint density at radius 1 is 0.737 bits per heavy atom. The zero-order valence-corrected chi connectivity index (χ0v) is 10.2. The van der Waals surface area contributed by atoms with Crippen LogP contribution in [0.1, 0.15) is 0 Å². The van der Waals surface area contributed by atoms with E-state index in [-0.39, 0.29) is 0 Å². The molecule has 0 saturated carbocycles. The molecule has 4 rings (SSSR count). The Morgan fingerprint density at radius 3 is 2.42 bits per heavy atom. The fourth-order valence-corrected chi connectivity index (χ4v) is 2.40. The van der Waals surface area contributed by atoms with Gasteiger partial charge in [0.2, 0.25) is 5.71 Å². The topological polar surface area (TPSA) is 26.0 Å². The molecule has 19 heavy (non-hydrogen) atoms. The van der Waals surface area contributed by atoms with E-state index in [4.69, 9.17) is 4.42 Å². The highest BCUT2D eigenvalue weighted by Gasteiger charge is 2.08. The van der Waals surface area contributed by atoms with E-state index in [1.165, 1.54) is 5.56 Å². The average Bonchev–Trinajstić information content (AvgIpc) is 2.86. The summed E-state index contributed by atoms with van der Waals surface area (Å²) in [5, 5.41) is 2.18. The highest BCUT2D eigenvalue weighted by atomic mass is 16.3. The largest absolute Gasteiger partial charge is 0.438 e. The molecule has 4 aromatic rings. The van der Waals surface area contributed by atoms with Gasteiger partial charge in [-0.15, -0.1) is 0 Å². The van der Waals surface area contributed by atoms with Crippen molar-refractivity contribution < 1.29 is 4.42 Å². The summed E-state index contributed by atoms with van der Waals surface area (Å²) in [6.45, 7) is 0. The molecule has 0 saturated heterocycles. The van der Waals surface area contributed by atoms with Crippen LogP contribution in [-0.2, 0) is 0 Å². The Balaban J connectivity index is 2.03. The van der Waals surface area contributed by atoms with E-state index < -0.39 is 0 Å². The summed E-state index contributed by atoms with van der Waals surface area (Å²) < 4.78 is 5.73. The highest BCUT2D eigenvalue weighted by molar-refractivity contribution is 6.04. The number of para-hydroxylation sites is 1. The van der Waals surface area contributed by atoms with Crippen LogP contribution in [0.25, 0.3) is 33.2 Å². The van der Waals surface area contributed by atoms with Gasteiger partial charge in [-0.25, -0.2) is 4.98 Å². The lowest BCUT2D eigenvalue weighted by atomic mass is 10.1. The number of furan rings is 1. The maximum atomic E-state index is 5.73. The minimum Gasteiger partial charge on any atom is -0.438 e. The van der Waals surface area contributed by atoms with Gasteiger partial charge in [-0.05, 0) is 17.7 Å². The summed E-state index contributed by atoms with van der Waals surface area (Å²) in [6, 6.07) is 20.4. The second-order valence-corrected chi connectivity index (χ2v) is 4.54. The van der Waals surface area contributed by atoms with E-state index in [1.807, 2.05) is 42.6 Å². The number of benzene rings is 2. The van der Waals surface area contributed by atoms with Crippen LogP contribution in [0.2, 0.25) is 0 Å². The summed E-state index contributed by atoms with van der Waals surface area (Å²) in [5.41, 5.74) is 3.86. The summed E-state index contributed by atoms with van der Waals surface area (Å²) in [4.78, 5) is 4.43. The third-order valence-corrected chi connectivity index (χ3v) is 3.34. The quantitative estimate of drug-likeness (QED) is 0.488. The van der Waals surface area contributed by atoms with Crippen LogP contribution in [0.4, 0.5) is 0 Å². The van der Waals surface area contributed by atoms with Crippen molar-refractivity contribution in [3.05, 3.63) is 66.9 Å². The van der Waals surface area contributed by atoms with Gasteiger partial charge in [0.15, 0.2) is 0 Å². The van der Waals surface area contributed by atoms with E-state index in [2.05, 4.69) is 29.2 Å². The number of fused-ring (bicyclic) bond motifs is 3. The van der Waals surface area contributed by atoms with Crippen LogP contribution < -0.4 is 0 Å². The minimum absolute atomic E-state index is 0.695. The molecule has 0 fully saturated rings. The van der Waals surface area contributed by atoms with Crippen LogP contribution in [0.5, 0.6) is 0 Å². The summed E-state index contributed by atoms with van der Waals surface area (Å²) in [5.74, 6) is 0. The first-order valence-electron chi connectivity index (χ1n) is 6.24. The third kappa shape index (κ3) is 1.61. The van der Waals surface area contributed by atoms with Crippen molar-refractivity contribution in [1.82, 2.24) is 4.98 Å². The fraction of sp³-hybridized carbons (Fsp3) is 0. The summed E-state index contributed by atoms with van der Waals surface area (Å²) in [6.07, 6.45) is 1.86. The second-order valence-electron chi connectivity index (χ2n) is 4.54. The Hall–Kier alpha value is -2.61. The maximum Gasteiger partial charge on any atom is 0.227 e. The molecule has 0 aliphatic rings. The molecule has 2 heterocycles. The molecule has 2 nitrogen and oxygen atoms in total. The lowest BCUT2D eigenvalue weighted by Gasteiger charge is -2.00. The Kier molecular flexibility index (Phi) is 2.15. The molecular formula is C17H11NO. The number of hydrogen-bond acceptors (Lipinski definition) is 2. The standard InChI is InChI=1S/C17H11NO/c1-2-6-12(7-3-1)13-10-15-14-8-4-5-9-16(14)19-17(15)18-11-13/h1-11H. The molecule has 0 amide bonds. The summed E-state index contributed by atoms with van der Waals surface area (Å²) >= 11 is 0. The van der Waals surface area contributed by atoms with Gasteiger partial charge < -0.3 is 4.42 Å². The van der Waals surface area contributed by atoms with E-state index in [0.29, 0.717) is 5.71 Å². The van der Waals surface area contributed by atoms with Crippen molar-refractivity contribution in [2.75, 3.05) is 0 Å². The Bertz CT molecular complexity index is 862. The fourth-order valence-electron chi connectivity index (χ4n) is 2.40. The number of hydrogen-bond donors (Lipinski definition) is 0. The van der Waals surface area contributed by atoms with E-state index in [9.17, 15) is 0 Å². The Morgan fingerprint density at radius 2 is 1.53 bits per heavy atom. The smallest absolute Gasteiger partial charge is 0.227 e. The maximum absolute atomic E-state index is 5.73. The van der Waals surface area contributed by atoms with Gasteiger partial charge in [0.25, 0.3) is 0 Å². The highest BCUT2D eigenvalue weighted by Crippen LogP contribution is 2.30. The lowest BCUT2D eigenvalue weighted by Crippen LogP contribution is -1.79. The van der Waals surface area contributed by atoms with Gasteiger partial charge in [-0.3, -0.25) is 0 Å². The first-order valence-corrected chi connectivity index (χ1v) is 6.24. The molecule has 0 spiro atoms. The van der Waals surface area contributed by atoms with Crippen LogP contribution in [0.3, 0.4) is 0 Å². The zero-order valence-electron chi connectivity index (χ0n) is 10.2. The third-order valence-electron chi connectivity index (χ3n) is 3.34. The van der Waals surface area contributed by atoms with Gasteiger partial charge in [0.1, 0.15) is 5.58 Å². The predicted octanol–water partition coefficient (Wildman–Crippen LogP) is 4.65. The first kappa shape index (κ1) is 10.3. The van der Waals surface area contributed by atoms with E-state index in [0.717, 1.165) is 21.9 Å². The molecule has 90 valence electrons. The molecule has 2 aromatic heterocycles. The molecule has 0 N–H and O–H groups in total. The van der Waals surface area contributed by atoms with Crippen LogP contribution in [-0.4, -0.2) is 4.98 Å². The van der Waals surface area contributed by atoms with Crippen molar-refractivity contribution in [3.8, 4) is 11.1 Å². The molecule has 0 radical (unpaired) electrons. The SMILES string of the molecule is c1ccc(-c2cnc3oc4ccccc4c3c2)cc1. The molecule has 2 heteroatoms. The van der Waals surface area contributed by atoms with Crippen molar-refractivity contribution in [2.24, 2.45) is 0 Å². The number of pyridine rings is 1. The van der Waals surface area contributed by atoms with Gasteiger partial charge in [-0.2, -0.15) is 0 Å². The average molecular weight is 245 g/mol. The number of rotatable bonds is 1. The van der Waals surface area contributed by atoms with Gasteiger partial charge >= 0.3 is 0 Å². The number of aromatic nitrogens is 1. The Labute approximate surface area is 110 Å². The molecule has 0 aliphatic heterocycles.